The number of hydrogen-bond donors (Lipinski definition) is 0. The van der Waals surface area contributed by atoms with E-state index in [1.54, 1.807) is 59.8 Å². The smallest absolute Gasteiger partial charge is 0.477 e. The number of ether oxygens (including phenoxy) is 2. The number of benzene rings is 4. The molecule has 0 amide bonds. The predicted octanol–water partition coefficient (Wildman–Crippen LogP) is 9.66. The van der Waals surface area contributed by atoms with E-state index in [0.29, 0.717) is 34.0 Å². The van der Waals surface area contributed by atoms with Crippen molar-refractivity contribution in [3.05, 3.63) is 131 Å². The van der Waals surface area contributed by atoms with Crippen LogP contribution in [0.5, 0.6) is 11.5 Å². The molecule has 0 unspecified atom stereocenters. The Balaban J connectivity index is 0.715. The lowest BCUT2D eigenvalue weighted by atomic mass is 10.1. The standard InChI is InChI=1S/C52H60Cl4N7O7/c1-35-39(43-33-37(67-3)13-15-47(43)61(35)51(64)41-9-5-11-45(53)49(41)55)17-21-59-27-23-57(24-28-59)19-7-31-69-63(66)70-32-8-20-58-25-29-60(30-26-58)22-18-40-36(2)62(48-16-14-38(68-4)34-44(40)48)52(65)42-10-6-12-46(54)50(42)56/h5-6,9-16,33-34H,7-8,17-32H2,1-4H3/q+1. The molecule has 0 atom stereocenters. The predicted molar refractivity (Wildman–Crippen MR) is 277 cm³/mol. The summed E-state index contributed by atoms with van der Waals surface area (Å²) < 4.78 is 14.6. The molecule has 0 radical (unpaired) electrons. The molecule has 8 rings (SSSR count). The van der Waals surface area contributed by atoms with Crippen LogP contribution < -0.4 is 9.47 Å². The summed E-state index contributed by atoms with van der Waals surface area (Å²) in [4.78, 5) is 60.5. The van der Waals surface area contributed by atoms with Gasteiger partial charge in [0.25, 0.3) is 11.8 Å². The van der Waals surface area contributed by atoms with Crippen LogP contribution in [0.1, 0.15) is 56.1 Å². The van der Waals surface area contributed by atoms with E-state index in [1.165, 1.54) is 0 Å². The molecule has 2 aromatic heterocycles. The molecule has 4 aromatic carbocycles. The summed E-state index contributed by atoms with van der Waals surface area (Å²) in [6.07, 6.45) is 2.96. The van der Waals surface area contributed by atoms with E-state index in [4.69, 9.17) is 65.6 Å². The van der Waals surface area contributed by atoms with Crippen LogP contribution in [-0.2, 0) is 22.5 Å². The Morgan fingerprint density at radius 1 is 0.543 bits per heavy atom. The van der Waals surface area contributed by atoms with Crippen LogP contribution in [0.15, 0.2) is 72.8 Å². The summed E-state index contributed by atoms with van der Waals surface area (Å²) in [5.41, 5.74) is 6.26. The first-order valence-electron chi connectivity index (χ1n) is 23.8. The Kier molecular flexibility index (Phi) is 17.3. The summed E-state index contributed by atoms with van der Waals surface area (Å²) in [5.74, 6) is 1.02. The van der Waals surface area contributed by atoms with Gasteiger partial charge in [0.05, 0.1) is 56.5 Å². The number of methoxy groups -OCH3 is 2. The Hall–Kier alpha value is -4.90. The quantitative estimate of drug-likeness (QED) is 0.0538. The Labute approximate surface area is 428 Å². The van der Waals surface area contributed by atoms with Crippen molar-refractivity contribution in [3.63, 3.8) is 0 Å². The second-order valence-corrected chi connectivity index (χ2v) is 19.4. The summed E-state index contributed by atoms with van der Waals surface area (Å²) in [5, 5.41) is 3.38. The fourth-order valence-electron chi connectivity index (χ4n) is 9.82. The van der Waals surface area contributed by atoms with Crippen LogP contribution in [0.25, 0.3) is 21.8 Å². The first kappa shape index (κ1) is 51.5. The summed E-state index contributed by atoms with van der Waals surface area (Å²) in [6.45, 7) is 15.2. The lowest BCUT2D eigenvalue weighted by molar-refractivity contribution is -0.981. The van der Waals surface area contributed by atoms with Crippen molar-refractivity contribution in [3.8, 4) is 11.5 Å². The zero-order chi connectivity index (χ0) is 49.5. The van der Waals surface area contributed by atoms with E-state index in [2.05, 4.69) is 19.6 Å². The van der Waals surface area contributed by atoms with Crippen LogP contribution in [0.3, 0.4) is 0 Å². The lowest BCUT2D eigenvalue weighted by Gasteiger charge is -2.34. The molecule has 14 nitrogen and oxygen atoms in total. The van der Waals surface area contributed by atoms with Gasteiger partial charge in [-0.15, -0.1) is 0 Å². The number of fused-ring (bicyclic) bond motifs is 2. The number of aromatic nitrogens is 2. The second-order valence-electron chi connectivity index (χ2n) is 17.8. The number of rotatable bonds is 20. The maximum Gasteiger partial charge on any atom is 0.477 e. The van der Waals surface area contributed by atoms with Gasteiger partial charge in [-0.3, -0.25) is 18.7 Å². The van der Waals surface area contributed by atoms with Crippen LogP contribution in [0.4, 0.5) is 0 Å². The summed E-state index contributed by atoms with van der Waals surface area (Å²) in [6, 6.07) is 21.8. The SMILES string of the molecule is COc1ccc2c(c1)c(CCN1CCN(CCCO[N+](=O)OCCCN3CCN(CCc4c(C)n(C(=O)c5cccc(Cl)c5Cl)c5ccc(OC)cc45)CC3)CC1)c(C)n2C(=O)c1cccc(Cl)c1Cl. The molecule has 18 heteroatoms. The number of halogens is 4. The molecule has 0 spiro atoms. The minimum Gasteiger partial charge on any atom is -0.497 e. The molecule has 0 aliphatic carbocycles. The maximum absolute atomic E-state index is 13.9. The van der Waals surface area contributed by atoms with Gasteiger partial charge in [-0.1, -0.05) is 58.5 Å². The van der Waals surface area contributed by atoms with Gasteiger partial charge in [0.1, 0.15) is 16.4 Å². The third-order valence-electron chi connectivity index (χ3n) is 13.8. The number of carbonyl (C=O) groups is 2. The van der Waals surface area contributed by atoms with E-state index in [0.717, 1.165) is 147 Å². The number of carbonyl (C=O) groups excluding carboxylic acids is 2. The van der Waals surface area contributed by atoms with Gasteiger partial charge >= 0.3 is 5.09 Å². The van der Waals surface area contributed by atoms with Gasteiger partial charge in [-0.05, 0) is 98.5 Å². The highest BCUT2D eigenvalue weighted by Gasteiger charge is 2.27. The van der Waals surface area contributed by atoms with E-state index in [1.807, 2.05) is 50.2 Å². The normalized spacial score (nSPS) is 15.2. The second kappa shape index (κ2) is 23.6. The lowest BCUT2D eigenvalue weighted by Crippen LogP contribution is -2.47. The van der Waals surface area contributed by atoms with Gasteiger partial charge in [0.15, 0.2) is 13.2 Å². The number of nitrogens with zero attached hydrogens (tertiary/aromatic N) is 7. The molecule has 2 aliphatic rings. The van der Waals surface area contributed by atoms with Crippen molar-refractivity contribution >= 4 is 80.0 Å². The largest absolute Gasteiger partial charge is 0.497 e. The fourth-order valence-corrected chi connectivity index (χ4v) is 10.6. The monoisotopic (exact) mass is 1030 g/mol. The summed E-state index contributed by atoms with van der Waals surface area (Å²) >= 11 is 25.5. The number of piperazine rings is 2. The van der Waals surface area contributed by atoms with Gasteiger partial charge in [0.2, 0.25) is 0 Å². The average molecular weight is 1040 g/mol. The number of hydrogen-bond acceptors (Lipinski definition) is 11. The first-order chi connectivity index (χ1) is 33.9. The first-order valence-corrected chi connectivity index (χ1v) is 25.3. The molecule has 2 fully saturated rings. The highest BCUT2D eigenvalue weighted by molar-refractivity contribution is 6.44. The van der Waals surface area contributed by atoms with Crippen molar-refractivity contribution in [1.29, 1.82) is 0 Å². The van der Waals surface area contributed by atoms with E-state index < -0.39 is 0 Å². The van der Waals surface area contributed by atoms with E-state index in [9.17, 15) is 14.5 Å². The van der Waals surface area contributed by atoms with Gasteiger partial charge in [-0.2, -0.15) is 9.68 Å². The van der Waals surface area contributed by atoms with E-state index in [-0.39, 0.29) is 40.2 Å². The zero-order valence-corrected chi connectivity index (χ0v) is 43.2. The molecule has 2 aliphatic heterocycles. The molecule has 372 valence electrons. The maximum atomic E-state index is 13.9. The van der Waals surface area contributed by atoms with Gasteiger partial charge < -0.3 is 29.1 Å². The molecule has 0 bridgehead atoms. The van der Waals surface area contributed by atoms with Gasteiger partial charge in [0, 0.05) is 114 Å². The molecule has 0 N–H and O–H groups in total. The average Bonchev–Trinajstić information content (AvgIpc) is 3.81. The molecule has 2 saturated heterocycles. The minimum atomic E-state index is -0.221. The van der Waals surface area contributed by atoms with Crippen molar-refractivity contribution in [1.82, 2.24) is 28.7 Å². The Bertz CT molecular complexity index is 2660. The Morgan fingerprint density at radius 2 is 0.914 bits per heavy atom. The van der Waals surface area contributed by atoms with Crippen molar-refractivity contribution in [2.45, 2.75) is 39.5 Å². The Morgan fingerprint density at radius 3 is 1.29 bits per heavy atom. The minimum absolute atomic E-state index is 0.221. The summed E-state index contributed by atoms with van der Waals surface area (Å²) in [7, 11) is 3.28. The van der Waals surface area contributed by atoms with Crippen LogP contribution in [0, 0.1) is 18.8 Å². The fraction of sp³-hybridized carbons (Fsp3) is 0.423. The van der Waals surface area contributed by atoms with Crippen molar-refractivity contribution < 1.29 is 33.8 Å². The molecule has 70 heavy (non-hydrogen) atoms. The highest BCUT2D eigenvalue weighted by Crippen LogP contribution is 2.35. The van der Waals surface area contributed by atoms with Crippen molar-refractivity contribution in [2.24, 2.45) is 0 Å². The van der Waals surface area contributed by atoms with E-state index >= 15 is 0 Å². The highest BCUT2D eigenvalue weighted by atomic mass is 35.5. The molecule has 0 saturated carbocycles. The van der Waals surface area contributed by atoms with Gasteiger partial charge in [-0.25, -0.2) is 0 Å². The zero-order valence-electron chi connectivity index (χ0n) is 40.2. The van der Waals surface area contributed by atoms with Crippen LogP contribution >= 0.6 is 46.4 Å². The topological polar surface area (TPSA) is 114 Å². The van der Waals surface area contributed by atoms with Crippen molar-refractivity contribution in [2.75, 3.05) is 106 Å². The van der Waals surface area contributed by atoms with Crippen LogP contribution in [-0.4, -0.2) is 152 Å². The third-order valence-corrected chi connectivity index (χ3v) is 15.4. The third kappa shape index (κ3) is 11.6. The molecule has 6 aromatic rings. The van der Waals surface area contributed by atoms with Crippen LogP contribution in [0.2, 0.25) is 20.1 Å². The molecule has 4 heterocycles. The molecular formula is C52H60Cl4N7O7+. The molecular weight excluding hydrogens is 976 g/mol.